The van der Waals surface area contributed by atoms with Crippen molar-refractivity contribution in [3.63, 3.8) is 0 Å². The Morgan fingerprint density at radius 3 is 2.50 bits per heavy atom. The fourth-order valence-electron chi connectivity index (χ4n) is 2.23. The van der Waals surface area contributed by atoms with Crippen LogP contribution in [-0.2, 0) is 0 Å². The highest BCUT2D eigenvalue weighted by atomic mass is 35.5. The lowest BCUT2D eigenvalue weighted by Crippen LogP contribution is -1.98. The number of hydrogen-bond acceptors (Lipinski definition) is 5. The molecule has 0 saturated heterocycles. The molecule has 0 amide bonds. The second-order valence-corrected chi connectivity index (χ2v) is 6.15. The molecule has 3 rings (SSSR count). The summed E-state index contributed by atoms with van der Waals surface area (Å²) in [7, 11) is 1.59. The Balaban J connectivity index is 1.94. The van der Waals surface area contributed by atoms with Crippen LogP contribution in [0.1, 0.15) is 0 Å². The van der Waals surface area contributed by atoms with Crippen molar-refractivity contribution in [2.45, 2.75) is 5.16 Å². The molecule has 0 bridgehead atoms. The molecule has 0 aliphatic heterocycles. The van der Waals surface area contributed by atoms with Crippen molar-refractivity contribution in [2.24, 2.45) is 0 Å². The van der Waals surface area contributed by atoms with Gasteiger partial charge in [-0.25, -0.2) is 9.97 Å². The van der Waals surface area contributed by atoms with Crippen molar-refractivity contribution in [1.29, 1.82) is 0 Å². The molecule has 0 fully saturated rings. The smallest absolute Gasteiger partial charge is 0.189 e. The molecule has 0 unspecified atom stereocenters. The highest BCUT2D eigenvalue weighted by Crippen LogP contribution is 2.30. The molecule has 1 N–H and O–H groups in total. The van der Waals surface area contributed by atoms with Crippen molar-refractivity contribution in [2.75, 3.05) is 18.7 Å². The van der Waals surface area contributed by atoms with Gasteiger partial charge in [0.2, 0.25) is 0 Å². The summed E-state index contributed by atoms with van der Waals surface area (Å²) in [6, 6.07) is 17.5. The minimum absolute atomic E-state index is 0.546. The van der Waals surface area contributed by atoms with E-state index in [-0.39, 0.29) is 0 Å². The van der Waals surface area contributed by atoms with E-state index in [0.717, 1.165) is 22.8 Å². The SMILES string of the molecule is COc1ccc(Nc2cc(-c3ccccc3)nc(SC)n2)cc1Cl. The molecular weight excluding hydrogens is 342 g/mol. The molecule has 122 valence electrons. The highest BCUT2D eigenvalue weighted by Gasteiger charge is 2.08. The maximum atomic E-state index is 6.18. The van der Waals surface area contributed by atoms with Gasteiger partial charge in [-0.2, -0.15) is 0 Å². The predicted molar refractivity (Wildman–Crippen MR) is 101 cm³/mol. The summed E-state index contributed by atoms with van der Waals surface area (Å²) in [4.78, 5) is 9.09. The fraction of sp³-hybridized carbons (Fsp3) is 0.111. The third-order valence-electron chi connectivity index (χ3n) is 3.38. The molecular formula is C18H16ClN3OS. The predicted octanol–water partition coefficient (Wildman–Crippen LogP) is 5.27. The maximum Gasteiger partial charge on any atom is 0.189 e. The first-order chi connectivity index (χ1) is 11.7. The van der Waals surface area contributed by atoms with E-state index in [9.17, 15) is 0 Å². The van der Waals surface area contributed by atoms with E-state index < -0.39 is 0 Å². The maximum absolute atomic E-state index is 6.18. The van der Waals surface area contributed by atoms with Crippen LogP contribution >= 0.6 is 23.4 Å². The van der Waals surface area contributed by atoms with Crippen LogP contribution in [0.25, 0.3) is 11.3 Å². The lowest BCUT2D eigenvalue weighted by molar-refractivity contribution is 0.415. The number of ether oxygens (including phenoxy) is 1. The Kier molecular flexibility index (Phi) is 5.23. The monoisotopic (exact) mass is 357 g/mol. The van der Waals surface area contributed by atoms with Crippen LogP contribution in [0.5, 0.6) is 5.75 Å². The topological polar surface area (TPSA) is 47.0 Å². The number of methoxy groups -OCH3 is 1. The Hall–Kier alpha value is -2.24. The van der Waals surface area contributed by atoms with Crippen LogP contribution in [0.2, 0.25) is 5.02 Å². The van der Waals surface area contributed by atoms with Gasteiger partial charge in [-0.15, -0.1) is 0 Å². The lowest BCUT2D eigenvalue weighted by Gasteiger charge is -2.11. The van der Waals surface area contributed by atoms with E-state index in [2.05, 4.69) is 15.3 Å². The molecule has 0 aliphatic rings. The van der Waals surface area contributed by atoms with Gasteiger partial charge in [0.15, 0.2) is 5.16 Å². The van der Waals surface area contributed by atoms with E-state index in [1.54, 1.807) is 7.11 Å². The van der Waals surface area contributed by atoms with E-state index in [0.29, 0.717) is 15.9 Å². The molecule has 4 nitrogen and oxygen atoms in total. The minimum atomic E-state index is 0.546. The first-order valence-corrected chi connectivity index (χ1v) is 8.89. The summed E-state index contributed by atoms with van der Waals surface area (Å²) in [6.45, 7) is 0. The molecule has 0 saturated carbocycles. The number of rotatable bonds is 5. The Morgan fingerprint density at radius 2 is 1.83 bits per heavy atom. The number of halogens is 1. The van der Waals surface area contributed by atoms with Crippen LogP contribution in [0, 0.1) is 0 Å². The number of thioether (sulfide) groups is 1. The molecule has 3 aromatic rings. The second kappa shape index (κ2) is 7.55. The second-order valence-electron chi connectivity index (χ2n) is 4.97. The van der Waals surface area contributed by atoms with Crippen LogP contribution in [0.15, 0.2) is 59.8 Å². The van der Waals surface area contributed by atoms with Crippen LogP contribution in [0.4, 0.5) is 11.5 Å². The molecule has 1 aromatic heterocycles. The third kappa shape index (κ3) is 3.80. The first-order valence-electron chi connectivity index (χ1n) is 7.28. The Morgan fingerprint density at radius 1 is 1.04 bits per heavy atom. The molecule has 0 radical (unpaired) electrons. The summed E-state index contributed by atoms with van der Waals surface area (Å²) >= 11 is 7.68. The molecule has 0 atom stereocenters. The average Bonchev–Trinajstić information content (AvgIpc) is 2.62. The average molecular weight is 358 g/mol. The zero-order valence-electron chi connectivity index (χ0n) is 13.3. The van der Waals surface area contributed by atoms with E-state index in [4.69, 9.17) is 16.3 Å². The summed E-state index contributed by atoms with van der Waals surface area (Å²) in [5.41, 5.74) is 2.76. The minimum Gasteiger partial charge on any atom is -0.495 e. The highest BCUT2D eigenvalue weighted by molar-refractivity contribution is 7.98. The van der Waals surface area contributed by atoms with Gasteiger partial charge in [-0.05, 0) is 24.5 Å². The van der Waals surface area contributed by atoms with Crippen LogP contribution in [0.3, 0.4) is 0 Å². The van der Waals surface area contributed by atoms with Crippen molar-refractivity contribution in [3.8, 4) is 17.0 Å². The molecule has 0 aliphatic carbocycles. The van der Waals surface area contributed by atoms with Gasteiger partial charge in [0.25, 0.3) is 0 Å². The van der Waals surface area contributed by atoms with Crippen molar-refractivity contribution < 1.29 is 4.74 Å². The van der Waals surface area contributed by atoms with Gasteiger partial charge in [-0.3, -0.25) is 0 Å². The van der Waals surface area contributed by atoms with Gasteiger partial charge in [0, 0.05) is 17.3 Å². The number of aromatic nitrogens is 2. The molecule has 1 heterocycles. The van der Waals surface area contributed by atoms with Gasteiger partial charge >= 0.3 is 0 Å². The van der Waals surface area contributed by atoms with E-state index >= 15 is 0 Å². The largest absolute Gasteiger partial charge is 0.495 e. The summed E-state index contributed by atoms with van der Waals surface area (Å²) in [5.74, 6) is 1.36. The Labute approximate surface area is 150 Å². The summed E-state index contributed by atoms with van der Waals surface area (Å²) < 4.78 is 5.17. The van der Waals surface area contributed by atoms with Gasteiger partial charge in [0.1, 0.15) is 11.6 Å². The van der Waals surface area contributed by atoms with Gasteiger partial charge in [-0.1, -0.05) is 53.7 Å². The number of anilines is 2. The van der Waals surface area contributed by atoms with Gasteiger partial charge in [0.05, 0.1) is 17.8 Å². The van der Waals surface area contributed by atoms with Gasteiger partial charge < -0.3 is 10.1 Å². The molecule has 2 aromatic carbocycles. The fourth-order valence-corrected chi connectivity index (χ4v) is 2.87. The normalized spacial score (nSPS) is 10.5. The molecule has 0 spiro atoms. The van der Waals surface area contributed by atoms with E-state index in [1.165, 1.54) is 11.8 Å². The van der Waals surface area contributed by atoms with Crippen LogP contribution in [-0.4, -0.2) is 23.3 Å². The standard InChI is InChI=1S/C18H16ClN3OS/c1-23-16-9-8-13(10-14(16)19)20-17-11-15(21-18(22-17)24-2)12-6-4-3-5-7-12/h3-11H,1-2H3,(H,20,21,22). The third-order valence-corrected chi connectivity index (χ3v) is 4.23. The van der Waals surface area contributed by atoms with E-state index in [1.807, 2.05) is 60.9 Å². The number of hydrogen-bond donors (Lipinski definition) is 1. The number of benzene rings is 2. The quantitative estimate of drug-likeness (QED) is 0.497. The summed E-state index contributed by atoms with van der Waals surface area (Å²) in [6.07, 6.45) is 1.96. The van der Waals surface area contributed by atoms with Crippen LogP contribution < -0.4 is 10.1 Å². The molecule has 6 heteroatoms. The number of nitrogens with one attached hydrogen (secondary N) is 1. The Bertz CT molecular complexity index is 843. The first kappa shape index (κ1) is 16.6. The zero-order chi connectivity index (χ0) is 16.9. The zero-order valence-corrected chi connectivity index (χ0v) is 14.9. The van der Waals surface area contributed by atoms with Crippen molar-refractivity contribution in [1.82, 2.24) is 9.97 Å². The molecule has 24 heavy (non-hydrogen) atoms. The van der Waals surface area contributed by atoms with Crippen molar-refractivity contribution >= 4 is 34.9 Å². The lowest BCUT2D eigenvalue weighted by atomic mass is 10.1. The van der Waals surface area contributed by atoms with Crippen molar-refractivity contribution in [3.05, 3.63) is 59.6 Å². The summed E-state index contributed by atoms with van der Waals surface area (Å²) in [5, 5.41) is 4.53. The number of nitrogens with zero attached hydrogens (tertiary/aromatic N) is 2.